The van der Waals surface area contributed by atoms with Gasteiger partial charge in [-0.1, -0.05) is 13.8 Å². The summed E-state index contributed by atoms with van der Waals surface area (Å²) in [6.45, 7) is 10.3. The molecule has 2 rings (SSSR count). The third kappa shape index (κ3) is 4.06. The van der Waals surface area contributed by atoms with E-state index in [0.717, 1.165) is 19.0 Å². The molecule has 2 saturated heterocycles. The van der Waals surface area contributed by atoms with E-state index in [1.165, 1.54) is 44.6 Å². The quantitative estimate of drug-likeness (QED) is 0.803. The lowest BCUT2D eigenvalue weighted by atomic mass is 9.81. The molecular formula is C14H27NOS2. The van der Waals surface area contributed by atoms with Crippen molar-refractivity contribution in [3.63, 3.8) is 0 Å². The monoisotopic (exact) mass is 289 g/mol. The molecule has 0 N–H and O–H groups in total. The van der Waals surface area contributed by atoms with E-state index in [1.807, 2.05) is 0 Å². The fraction of sp³-hybridized carbons (Fsp3) is 1.00. The van der Waals surface area contributed by atoms with Gasteiger partial charge in [0.25, 0.3) is 0 Å². The fourth-order valence-electron chi connectivity index (χ4n) is 2.87. The molecule has 2 aliphatic rings. The molecule has 2 fully saturated rings. The molecule has 0 unspecified atom stereocenters. The van der Waals surface area contributed by atoms with Crippen molar-refractivity contribution < 1.29 is 4.74 Å². The summed E-state index contributed by atoms with van der Waals surface area (Å²) in [5.41, 5.74) is 0.403. The van der Waals surface area contributed by atoms with Crippen LogP contribution in [0.1, 0.15) is 33.1 Å². The van der Waals surface area contributed by atoms with Crippen LogP contribution in [-0.4, -0.2) is 54.0 Å². The molecular weight excluding hydrogens is 262 g/mol. The molecule has 0 aromatic heterocycles. The van der Waals surface area contributed by atoms with Gasteiger partial charge in [0.2, 0.25) is 0 Å². The third-order valence-corrected chi connectivity index (χ3v) is 6.42. The van der Waals surface area contributed by atoms with Crippen molar-refractivity contribution in [1.82, 2.24) is 4.90 Å². The maximum atomic E-state index is 5.52. The number of ether oxygens (including phenoxy) is 1. The Morgan fingerprint density at radius 1 is 1.17 bits per heavy atom. The van der Waals surface area contributed by atoms with Crippen LogP contribution in [0.15, 0.2) is 0 Å². The minimum Gasteiger partial charge on any atom is -0.381 e. The van der Waals surface area contributed by atoms with E-state index in [1.54, 1.807) is 0 Å². The number of thiol groups is 1. The number of nitrogens with zero attached hydrogens (tertiary/aromatic N) is 1. The van der Waals surface area contributed by atoms with Crippen LogP contribution in [0.5, 0.6) is 0 Å². The molecule has 0 aromatic rings. The molecule has 0 bridgehead atoms. The van der Waals surface area contributed by atoms with E-state index < -0.39 is 0 Å². The zero-order valence-electron chi connectivity index (χ0n) is 11.8. The first-order valence-electron chi connectivity index (χ1n) is 7.10. The van der Waals surface area contributed by atoms with Crippen LogP contribution < -0.4 is 0 Å². The predicted molar refractivity (Wildman–Crippen MR) is 83.9 cm³/mol. The summed E-state index contributed by atoms with van der Waals surface area (Å²) >= 11 is 6.75. The van der Waals surface area contributed by atoms with Gasteiger partial charge in [-0.15, -0.1) is 0 Å². The Bertz CT molecular complexity index is 265. The Kier molecular flexibility index (Phi) is 5.32. The molecule has 0 radical (unpaired) electrons. The highest BCUT2D eigenvalue weighted by Crippen LogP contribution is 2.35. The normalized spacial score (nSPS) is 28.8. The Morgan fingerprint density at radius 2 is 1.89 bits per heavy atom. The number of rotatable bonds is 3. The van der Waals surface area contributed by atoms with Gasteiger partial charge in [0.05, 0.1) is 0 Å². The van der Waals surface area contributed by atoms with Gasteiger partial charge < -0.3 is 9.64 Å². The summed E-state index contributed by atoms with van der Waals surface area (Å²) < 4.78 is 5.97. The molecule has 2 aliphatic heterocycles. The third-order valence-electron chi connectivity index (χ3n) is 4.38. The average molecular weight is 290 g/mol. The summed E-state index contributed by atoms with van der Waals surface area (Å²) in [5.74, 6) is 2.27. The van der Waals surface area contributed by atoms with Gasteiger partial charge in [0.15, 0.2) is 0 Å². The largest absolute Gasteiger partial charge is 0.381 e. The second-order valence-corrected chi connectivity index (χ2v) is 8.52. The molecule has 2 heterocycles. The Labute approximate surface area is 122 Å². The zero-order valence-corrected chi connectivity index (χ0v) is 13.5. The molecule has 18 heavy (non-hydrogen) atoms. The molecule has 2 nitrogen and oxygen atoms in total. The van der Waals surface area contributed by atoms with Crippen LogP contribution in [0.25, 0.3) is 0 Å². The maximum absolute atomic E-state index is 5.52. The van der Waals surface area contributed by atoms with E-state index in [-0.39, 0.29) is 0 Å². The van der Waals surface area contributed by atoms with Crippen LogP contribution in [0.4, 0.5) is 0 Å². The molecule has 0 atom stereocenters. The second kappa shape index (κ2) is 6.38. The standard InChI is InChI=1S/C14H27NOS2/c1-13(2)3-6-15(7-10-18-13)11-14(12-17)4-8-16-9-5-14/h17H,3-12H2,1-2H3. The SMILES string of the molecule is CC1(C)CCN(CC2(CS)CCOCC2)CCS1. The second-order valence-electron chi connectivity index (χ2n) is 6.40. The number of hydrogen-bond acceptors (Lipinski definition) is 4. The van der Waals surface area contributed by atoms with Crippen LogP contribution in [0.3, 0.4) is 0 Å². The molecule has 4 heteroatoms. The van der Waals surface area contributed by atoms with Crippen LogP contribution in [-0.2, 0) is 4.74 Å². The zero-order chi connectivity index (χ0) is 13.1. The summed E-state index contributed by atoms with van der Waals surface area (Å²) in [6, 6.07) is 0. The van der Waals surface area contributed by atoms with E-state index in [0.29, 0.717) is 10.2 Å². The topological polar surface area (TPSA) is 12.5 Å². The Balaban J connectivity index is 1.91. The number of hydrogen-bond donors (Lipinski definition) is 1. The average Bonchev–Trinajstić information content (AvgIpc) is 2.52. The highest BCUT2D eigenvalue weighted by Gasteiger charge is 2.34. The summed E-state index contributed by atoms with van der Waals surface area (Å²) in [4.78, 5) is 2.67. The van der Waals surface area contributed by atoms with Gasteiger partial charge in [-0.25, -0.2) is 0 Å². The summed E-state index contributed by atoms with van der Waals surface area (Å²) in [5, 5.41) is 0. The van der Waals surface area contributed by atoms with E-state index in [2.05, 4.69) is 43.1 Å². The minimum atomic E-state index is 0.403. The van der Waals surface area contributed by atoms with Crippen molar-refractivity contribution in [2.24, 2.45) is 5.41 Å². The maximum Gasteiger partial charge on any atom is 0.0472 e. The first-order chi connectivity index (χ1) is 8.55. The Hall–Kier alpha value is 0.620. The van der Waals surface area contributed by atoms with Crippen molar-refractivity contribution in [2.45, 2.75) is 37.9 Å². The van der Waals surface area contributed by atoms with Crippen molar-refractivity contribution in [1.29, 1.82) is 0 Å². The molecule has 0 aromatic carbocycles. The Morgan fingerprint density at radius 3 is 2.56 bits per heavy atom. The molecule has 0 saturated carbocycles. The molecule has 0 spiro atoms. The van der Waals surface area contributed by atoms with E-state index in [4.69, 9.17) is 4.74 Å². The minimum absolute atomic E-state index is 0.403. The van der Waals surface area contributed by atoms with Crippen LogP contribution in [0.2, 0.25) is 0 Å². The first kappa shape index (κ1) is 15.0. The van der Waals surface area contributed by atoms with Crippen LogP contribution >= 0.6 is 24.4 Å². The molecule has 0 amide bonds. The van der Waals surface area contributed by atoms with Gasteiger partial charge in [-0.05, 0) is 37.0 Å². The molecule has 0 aliphatic carbocycles. The van der Waals surface area contributed by atoms with Crippen molar-refractivity contribution in [3.05, 3.63) is 0 Å². The van der Waals surface area contributed by atoms with E-state index in [9.17, 15) is 0 Å². The highest BCUT2D eigenvalue weighted by molar-refractivity contribution is 8.00. The lowest BCUT2D eigenvalue weighted by molar-refractivity contribution is 0.00853. The number of thioether (sulfide) groups is 1. The summed E-state index contributed by atoms with van der Waals surface area (Å²) in [6.07, 6.45) is 3.67. The summed E-state index contributed by atoms with van der Waals surface area (Å²) in [7, 11) is 0. The fourth-order valence-corrected chi connectivity index (χ4v) is 4.42. The lowest BCUT2D eigenvalue weighted by Gasteiger charge is -2.40. The molecule has 106 valence electrons. The van der Waals surface area contributed by atoms with Crippen LogP contribution in [0, 0.1) is 5.41 Å². The smallest absolute Gasteiger partial charge is 0.0472 e. The van der Waals surface area contributed by atoms with Gasteiger partial charge in [-0.2, -0.15) is 24.4 Å². The lowest BCUT2D eigenvalue weighted by Crippen LogP contribution is -2.43. The van der Waals surface area contributed by atoms with Gasteiger partial charge in [-0.3, -0.25) is 0 Å². The van der Waals surface area contributed by atoms with E-state index >= 15 is 0 Å². The van der Waals surface area contributed by atoms with Crippen molar-refractivity contribution in [3.8, 4) is 0 Å². The van der Waals surface area contributed by atoms with Gasteiger partial charge >= 0.3 is 0 Å². The highest BCUT2D eigenvalue weighted by atomic mass is 32.2. The van der Waals surface area contributed by atoms with Crippen molar-refractivity contribution >= 4 is 24.4 Å². The first-order valence-corrected chi connectivity index (χ1v) is 8.72. The van der Waals surface area contributed by atoms with Gasteiger partial charge in [0.1, 0.15) is 0 Å². The van der Waals surface area contributed by atoms with Gasteiger partial charge in [0, 0.05) is 36.8 Å². The predicted octanol–water partition coefficient (Wildman–Crippen LogP) is 2.93. The van der Waals surface area contributed by atoms with Crippen molar-refractivity contribution in [2.75, 3.05) is 44.4 Å².